The molecule has 0 aliphatic heterocycles. The number of allylic oxidation sites excluding steroid dienone is 1. The van der Waals surface area contributed by atoms with Gasteiger partial charge in [0.1, 0.15) is 0 Å². The van der Waals surface area contributed by atoms with E-state index in [0.29, 0.717) is 0 Å². The van der Waals surface area contributed by atoms with Gasteiger partial charge in [-0.2, -0.15) is 13.2 Å². The van der Waals surface area contributed by atoms with Gasteiger partial charge in [0.2, 0.25) is 13.1 Å². The van der Waals surface area contributed by atoms with Gasteiger partial charge in [-0.15, -0.1) is 0 Å². The lowest BCUT2D eigenvalue weighted by Gasteiger charge is -2.14. The summed E-state index contributed by atoms with van der Waals surface area (Å²) in [6.45, 7) is 4.77. The Bertz CT molecular complexity index is 202. The Morgan fingerprint density at radius 3 is 1.91 bits per heavy atom. The van der Waals surface area contributed by atoms with E-state index < -0.39 is 19.3 Å². The molecule has 0 atom stereocenters. The summed E-state index contributed by atoms with van der Waals surface area (Å²) in [5.74, 6) is -1.41. The number of alkyl halides is 3. The minimum atomic E-state index is -4.62. The molecular weight excluding hydrogens is 180 g/mol. The Morgan fingerprint density at radius 1 is 1.45 bits per heavy atom. The zero-order chi connectivity index (χ0) is 9.28. The third-order valence-corrected chi connectivity index (χ3v) is 1.31. The van der Waals surface area contributed by atoms with E-state index in [2.05, 4.69) is 11.1 Å². The third kappa shape index (κ3) is 4.90. The van der Waals surface area contributed by atoms with E-state index >= 15 is 0 Å². The van der Waals surface area contributed by atoms with Crippen LogP contribution in [0, 0.1) is 0 Å². The van der Waals surface area contributed by atoms with Crippen molar-refractivity contribution in [1.82, 2.24) is 0 Å². The summed E-state index contributed by atoms with van der Waals surface area (Å²) in [6, 6.07) is 0. The molecule has 0 saturated heterocycles. The van der Waals surface area contributed by atoms with E-state index in [9.17, 15) is 17.7 Å². The van der Waals surface area contributed by atoms with Crippen molar-refractivity contribution in [2.24, 2.45) is 0 Å². The van der Waals surface area contributed by atoms with Crippen LogP contribution in [0.2, 0.25) is 0 Å². The van der Waals surface area contributed by atoms with Crippen molar-refractivity contribution in [2.75, 3.05) is 13.3 Å². The highest BCUT2D eigenvalue weighted by atomic mass is 31.2. The van der Waals surface area contributed by atoms with Crippen LogP contribution in [0.25, 0.3) is 0 Å². The first-order valence-corrected chi connectivity index (χ1v) is 5.15. The van der Waals surface area contributed by atoms with Crippen molar-refractivity contribution in [1.29, 1.82) is 0 Å². The van der Waals surface area contributed by atoms with E-state index in [4.69, 9.17) is 0 Å². The summed E-state index contributed by atoms with van der Waals surface area (Å²) >= 11 is 0. The summed E-state index contributed by atoms with van der Waals surface area (Å²) in [5.41, 5.74) is 0. The van der Waals surface area contributed by atoms with Gasteiger partial charge in [-0.05, 0) is 0 Å². The largest absolute Gasteiger partial charge is 0.448 e. The van der Waals surface area contributed by atoms with Crippen LogP contribution in [-0.4, -0.2) is 19.5 Å². The molecule has 0 rings (SSSR count). The normalized spacial score (nSPS) is 12.8. The van der Waals surface area contributed by atoms with Gasteiger partial charge in [-0.25, -0.2) is 0 Å². The second-order valence-corrected chi connectivity index (χ2v) is 4.95. The Hall–Kier alpha value is -0.440. The van der Waals surface area contributed by atoms with Crippen molar-refractivity contribution in [2.45, 2.75) is 6.18 Å². The van der Waals surface area contributed by atoms with Crippen LogP contribution < -0.4 is 0 Å². The smallest absolute Gasteiger partial charge is 0.439 e. The van der Waals surface area contributed by atoms with Crippen LogP contribution >= 0.6 is 7.37 Å². The van der Waals surface area contributed by atoms with Crippen molar-refractivity contribution < 1.29 is 22.3 Å². The Balaban J connectivity index is 4.23. The molecule has 0 saturated carbocycles. The van der Waals surface area contributed by atoms with Gasteiger partial charge in [-0.1, -0.05) is 6.58 Å². The minimum Gasteiger partial charge on any atom is -0.439 e. The lowest BCUT2D eigenvalue weighted by atomic mass is 10.6. The first kappa shape index (κ1) is 10.6. The third-order valence-electron chi connectivity index (χ3n) is 0.646. The molecule has 0 amide bonds. The van der Waals surface area contributed by atoms with Crippen LogP contribution in [0.15, 0.2) is 12.3 Å². The first-order valence-electron chi connectivity index (χ1n) is 2.63. The topological polar surface area (TPSA) is 26.3 Å². The predicted octanol–water partition coefficient (Wildman–Crippen LogP) is 2.62. The first-order chi connectivity index (χ1) is 4.63. The van der Waals surface area contributed by atoms with Crippen molar-refractivity contribution >= 4 is 7.37 Å². The molecule has 66 valence electrons. The maximum absolute atomic E-state index is 11.6. The Labute approximate surface area is 62.5 Å². The summed E-state index contributed by atoms with van der Waals surface area (Å²) in [5, 5.41) is 0. The highest BCUT2D eigenvalue weighted by Gasteiger charge is 2.36. The van der Waals surface area contributed by atoms with E-state index in [1.54, 1.807) is 0 Å². The SMILES string of the molecule is C=C(OP(C)(C)=O)C(F)(F)F. The van der Waals surface area contributed by atoms with Crippen molar-refractivity contribution in [3.63, 3.8) is 0 Å². The second kappa shape index (κ2) is 2.89. The molecule has 0 bridgehead atoms. The second-order valence-electron chi connectivity index (χ2n) is 2.26. The monoisotopic (exact) mass is 188 g/mol. The maximum atomic E-state index is 11.6. The van der Waals surface area contributed by atoms with E-state index in [1.165, 1.54) is 0 Å². The van der Waals surface area contributed by atoms with Gasteiger partial charge in [-0.3, -0.25) is 4.57 Å². The molecule has 0 aliphatic rings. The molecule has 0 aromatic rings. The Morgan fingerprint density at radius 2 is 1.82 bits per heavy atom. The van der Waals surface area contributed by atoms with Gasteiger partial charge in [0.15, 0.2) is 0 Å². The number of hydrogen-bond acceptors (Lipinski definition) is 2. The average molecular weight is 188 g/mol. The van der Waals surface area contributed by atoms with E-state index in [1.807, 2.05) is 0 Å². The van der Waals surface area contributed by atoms with Crippen LogP contribution in [0.5, 0.6) is 0 Å². The molecule has 2 nitrogen and oxygen atoms in total. The molecule has 0 N–H and O–H groups in total. The van der Waals surface area contributed by atoms with Crippen LogP contribution in [0.3, 0.4) is 0 Å². The molecule has 0 aromatic carbocycles. The fourth-order valence-corrected chi connectivity index (χ4v) is 0.951. The van der Waals surface area contributed by atoms with E-state index in [-0.39, 0.29) is 0 Å². The predicted molar refractivity (Wildman–Crippen MR) is 35.7 cm³/mol. The lowest BCUT2D eigenvalue weighted by Crippen LogP contribution is -2.12. The molecule has 0 fully saturated rings. The fraction of sp³-hybridized carbons (Fsp3) is 0.600. The Kier molecular flexibility index (Phi) is 2.78. The molecule has 11 heavy (non-hydrogen) atoms. The molecule has 0 spiro atoms. The summed E-state index contributed by atoms with van der Waals surface area (Å²) < 4.78 is 49.6. The highest BCUT2D eigenvalue weighted by molar-refractivity contribution is 7.57. The van der Waals surface area contributed by atoms with Crippen LogP contribution in [-0.2, 0) is 9.09 Å². The summed E-state index contributed by atoms with van der Waals surface area (Å²) in [7, 11) is -3.14. The molecule has 0 heterocycles. The van der Waals surface area contributed by atoms with Crippen molar-refractivity contribution in [3.05, 3.63) is 12.3 Å². The number of rotatable bonds is 2. The van der Waals surface area contributed by atoms with E-state index in [0.717, 1.165) is 13.3 Å². The zero-order valence-corrected chi connectivity index (χ0v) is 7.00. The lowest BCUT2D eigenvalue weighted by molar-refractivity contribution is -0.115. The standard InChI is InChI=1S/C5H8F3O2P/c1-4(5(6,7)8)10-11(2,3)9/h1H2,2-3H3. The summed E-state index contributed by atoms with van der Waals surface area (Å²) in [6.07, 6.45) is -4.62. The molecular formula is C5H8F3O2P. The quantitative estimate of drug-likeness (QED) is 0.491. The average Bonchev–Trinajstić information content (AvgIpc) is 1.56. The molecule has 0 aliphatic carbocycles. The molecule has 6 heteroatoms. The number of hydrogen-bond donors (Lipinski definition) is 0. The molecule has 0 radical (unpaired) electrons. The van der Waals surface area contributed by atoms with Crippen LogP contribution in [0.4, 0.5) is 13.2 Å². The van der Waals surface area contributed by atoms with Gasteiger partial charge in [0, 0.05) is 13.3 Å². The fourth-order valence-electron chi connectivity index (χ4n) is 0.317. The van der Waals surface area contributed by atoms with Gasteiger partial charge in [0.25, 0.3) is 0 Å². The summed E-state index contributed by atoms with van der Waals surface area (Å²) in [4.78, 5) is 0. The molecule has 0 aromatic heterocycles. The maximum Gasteiger partial charge on any atom is 0.448 e. The highest BCUT2D eigenvalue weighted by Crippen LogP contribution is 2.43. The molecule has 0 unspecified atom stereocenters. The number of halogens is 3. The van der Waals surface area contributed by atoms with Gasteiger partial charge >= 0.3 is 6.18 Å². The van der Waals surface area contributed by atoms with Crippen molar-refractivity contribution in [3.8, 4) is 0 Å². The van der Waals surface area contributed by atoms with Gasteiger partial charge in [0.05, 0.1) is 0 Å². The van der Waals surface area contributed by atoms with Crippen LogP contribution in [0.1, 0.15) is 0 Å². The van der Waals surface area contributed by atoms with Gasteiger partial charge < -0.3 is 4.52 Å². The zero-order valence-electron chi connectivity index (χ0n) is 6.10. The minimum absolute atomic E-state index is 1.09.